The molecule has 0 radical (unpaired) electrons. The number of carbonyl (C=O) groups excluding carboxylic acids is 4. The predicted molar refractivity (Wildman–Crippen MR) is 98.4 cm³/mol. The topological polar surface area (TPSA) is 106 Å². The zero-order chi connectivity index (χ0) is 20.4. The number of carbonyl (C=O) groups is 5. The van der Waals surface area contributed by atoms with E-state index in [1.54, 1.807) is 14.1 Å². The number of carboxylic acids is 1. The van der Waals surface area contributed by atoms with Crippen LogP contribution >= 0.6 is 12.6 Å². The molecule has 4 amide bonds. The van der Waals surface area contributed by atoms with Crippen molar-refractivity contribution >= 4 is 42.2 Å². The van der Waals surface area contributed by atoms with Crippen molar-refractivity contribution in [3.8, 4) is 0 Å². The number of hydrogen-bond acceptors (Lipinski definition) is 6. The molecule has 0 spiro atoms. The van der Waals surface area contributed by atoms with Crippen LogP contribution in [-0.4, -0.2) is 75.6 Å². The van der Waals surface area contributed by atoms with Gasteiger partial charge in [0.25, 0.3) is 0 Å². The van der Waals surface area contributed by atoms with E-state index in [0.717, 1.165) is 0 Å². The minimum Gasteiger partial charge on any atom is -0.480 e. The Morgan fingerprint density at radius 1 is 0.926 bits per heavy atom. The molecule has 27 heavy (non-hydrogen) atoms. The molecule has 0 aliphatic carbocycles. The lowest BCUT2D eigenvalue weighted by Crippen LogP contribution is -2.58. The Hall–Kier alpha value is -1.58. The lowest BCUT2D eigenvalue weighted by atomic mass is 10.0. The minimum atomic E-state index is -1.00. The van der Waals surface area contributed by atoms with Gasteiger partial charge in [0.2, 0.25) is 0 Å². The van der Waals surface area contributed by atoms with Gasteiger partial charge in [-0.2, -0.15) is 17.1 Å². The summed E-state index contributed by atoms with van der Waals surface area (Å²) in [6.07, 6.45) is 2.48. The Morgan fingerprint density at radius 3 is 1.89 bits per heavy atom. The predicted octanol–water partition coefficient (Wildman–Crippen LogP) is 0.886. The highest BCUT2D eigenvalue weighted by atomic mass is 32.1. The van der Waals surface area contributed by atoms with E-state index in [4.69, 9.17) is 5.11 Å². The average molecular weight is 400 g/mol. The van der Waals surface area contributed by atoms with E-state index in [1.807, 2.05) is 0 Å². The molecule has 1 unspecified atom stereocenters. The van der Waals surface area contributed by atoms with Crippen molar-refractivity contribution in [2.45, 2.75) is 62.7 Å². The fourth-order valence-corrected chi connectivity index (χ4v) is 4.24. The molecule has 2 aliphatic heterocycles. The molecule has 1 N–H and O–H groups in total. The molecule has 0 aromatic carbocycles. The first-order valence-corrected chi connectivity index (χ1v) is 9.81. The number of aliphatic carboxylic acids is 1. The first-order chi connectivity index (χ1) is 12.5. The van der Waals surface area contributed by atoms with Crippen LogP contribution in [0, 0.1) is 0 Å². The fourth-order valence-electron chi connectivity index (χ4n) is 4.06. The number of amides is 4. The molecule has 2 saturated heterocycles. The molecular weight excluding hydrogens is 372 g/mol. The van der Waals surface area contributed by atoms with Gasteiger partial charge in [0, 0.05) is 6.42 Å². The maximum Gasteiger partial charge on any atom is 0.321 e. The van der Waals surface area contributed by atoms with Crippen LogP contribution in [0.5, 0.6) is 0 Å². The van der Waals surface area contributed by atoms with Gasteiger partial charge in [-0.05, 0) is 12.8 Å². The van der Waals surface area contributed by atoms with Crippen LogP contribution in [-0.2, 0) is 24.0 Å². The van der Waals surface area contributed by atoms with Gasteiger partial charge in [-0.1, -0.05) is 0 Å². The van der Waals surface area contributed by atoms with Crippen molar-refractivity contribution in [1.82, 2.24) is 0 Å². The largest absolute Gasteiger partial charge is 0.480 e. The molecule has 0 aromatic heterocycles. The summed E-state index contributed by atoms with van der Waals surface area (Å²) in [6, 6.07) is -0.377. The van der Waals surface area contributed by atoms with Crippen LogP contribution < -0.4 is 0 Å². The number of imide groups is 2. The smallest absolute Gasteiger partial charge is 0.321 e. The Kier molecular flexibility index (Phi) is 6.59. The van der Waals surface area contributed by atoms with Gasteiger partial charge in [-0.15, -0.1) is 0 Å². The highest BCUT2D eigenvalue weighted by Crippen LogP contribution is 2.31. The summed E-state index contributed by atoms with van der Waals surface area (Å²) in [6.45, 7) is 0.250. The van der Waals surface area contributed by atoms with Crippen LogP contribution in [0.3, 0.4) is 0 Å². The van der Waals surface area contributed by atoms with Crippen LogP contribution in [0.25, 0.3) is 0 Å². The molecule has 150 valence electrons. The van der Waals surface area contributed by atoms with E-state index < -0.39 is 11.2 Å². The second-order valence-electron chi connectivity index (χ2n) is 7.79. The van der Waals surface area contributed by atoms with E-state index in [0.29, 0.717) is 25.7 Å². The second-order valence-corrected chi connectivity index (χ2v) is 8.42. The van der Waals surface area contributed by atoms with E-state index in [1.165, 1.54) is 0 Å². The van der Waals surface area contributed by atoms with Crippen molar-refractivity contribution in [1.29, 1.82) is 0 Å². The molecular formula is C18H28N2O6S+2. The Labute approximate surface area is 164 Å². The SMILES string of the molecule is C[N+]1(CCC(CCC[C@H](S)C(=O)O)[N+]2(C)C(=O)CCC2=O)C(=O)CCC1=O. The summed E-state index contributed by atoms with van der Waals surface area (Å²) in [4.78, 5) is 60.2. The number of carboxylic acid groups (broad SMARTS) is 1. The van der Waals surface area contributed by atoms with Crippen molar-refractivity contribution < 1.29 is 38.0 Å². The van der Waals surface area contributed by atoms with Gasteiger partial charge in [-0.3, -0.25) is 4.79 Å². The van der Waals surface area contributed by atoms with Gasteiger partial charge < -0.3 is 5.11 Å². The average Bonchev–Trinajstić information content (AvgIpc) is 3.03. The Bertz CT molecular complexity index is 645. The standard InChI is InChI=1S/C18H26N2O6S/c1-19(14(21)6-7-15(19)22)11-10-12(4-3-5-13(27)18(25)26)20(2)16(23)8-9-17(20)24/h12-13H,3-11H2,1-2H3/p+2/t12?,13-/m0/s1. The number of thiol groups is 1. The summed E-state index contributed by atoms with van der Waals surface area (Å²) >= 11 is 4.02. The molecule has 2 heterocycles. The van der Waals surface area contributed by atoms with Gasteiger partial charge in [0.15, 0.2) is 0 Å². The summed E-state index contributed by atoms with van der Waals surface area (Å²) < 4.78 is -0.615. The lowest BCUT2D eigenvalue weighted by Gasteiger charge is -2.35. The number of hydrogen-bond donors (Lipinski definition) is 2. The first kappa shape index (κ1) is 21.7. The maximum absolute atomic E-state index is 12.5. The molecule has 9 heteroatoms. The zero-order valence-electron chi connectivity index (χ0n) is 15.8. The number of quaternary nitrogens is 2. The van der Waals surface area contributed by atoms with Crippen LogP contribution in [0.4, 0.5) is 0 Å². The molecule has 0 bridgehead atoms. The highest BCUT2D eigenvalue weighted by Gasteiger charge is 2.53. The van der Waals surface area contributed by atoms with Gasteiger partial charge in [0.1, 0.15) is 6.04 Å². The van der Waals surface area contributed by atoms with Crippen LogP contribution in [0.15, 0.2) is 0 Å². The molecule has 8 nitrogen and oxygen atoms in total. The quantitative estimate of drug-likeness (QED) is 0.338. The zero-order valence-corrected chi connectivity index (χ0v) is 16.7. The number of likely N-dealkylation sites (tertiary alicyclic amines) is 2. The van der Waals surface area contributed by atoms with Crippen LogP contribution in [0.2, 0.25) is 0 Å². The third-order valence-corrected chi connectivity index (χ3v) is 6.66. The normalized spacial score (nSPS) is 23.7. The second kappa shape index (κ2) is 8.20. The van der Waals surface area contributed by atoms with E-state index in [2.05, 4.69) is 12.6 Å². The maximum atomic E-state index is 12.5. The molecule has 0 aromatic rings. The van der Waals surface area contributed by atoms with Crippen molar-refractivity contribution in [3.05, 3.63) is 0 Å². The highest BCUT2D eigenvalue weighted by molar-refractivity contribution is 7.81. The molecule has 2 rings (SSSR count). The van der Waals surface area contributed by atoms with E-state index >= 15 is 0 Å². The summed E-state index contributed by atoms with van der Waals surface area (Å²) in [5.41, 5.74) is 0. The third kappa shape index (κ3) is 4.14. The molecule has 2 fully saturated rings. The summed E-state index contributed by atoms with van der Waals surface area (Å²) in [5, 5.41) is 8.17. The van der Waals surface area contributed by atoms with Crippen molar-refractivity contribution in [2.24, 2.45) is 0 Å². The van der Waals surface area contributed by atoms with Crippen molar-refractivity contribution in [3.63, 3.8) is 0 Å². The summed E-state index contributed by atoms with van der Waals surface area (Å²) in [7, 11) is 3.20. The fraction of sp³-hybridized carbons (Fsp3) is 0.722. The van der Waals surface area contributed by atoms with Crippen molar-refractivity contribution in [2.75, 3.05) is 20.6 Å². The van der Waals surface area contributed by atoms with Gasteiger partial charge in [0.05, 0.1) is 58.0 Å². The Balaban J connectivity index is 2.13. The molecule has 2 aliphatic rings. The Morgan fingerprint density at radius 2 is 1.41 bits per heavy atom. The van der Waals surface area contributed by atoms with E-state index in [9.17, 15) is 24.0 Å². The monoisotopic (exact) mass is 400 g/mol. The first-order valence-electron chi connectivity index (χ1n) is 9.29. The number of rotatable bonds is 9. The minimum absolute atomic E-state index is 0.137. The van der Waals surface area contributed by atoms with Gasteiger partial charge >= 0.3 is 29.6 Å². The third-order valence-electron chi connectivity index (χ3n) is 6.18. The molecule has 2 atom stereocenters. The van der Waals surface area contributed by atoms with Crippen LogP contribution in [0.1, 0.15) is 51.4 Å². The van der Waals surface area contributed by atoms with E-state index in [-0.39, 0.29) is 70.9 Å². The lowest BCUT2D eigenvalue weighted by molar-refractivity contribution is -0.794. The summed E-state index contributed by atoms with van der Waals surface area (Å²) in [5.74, 6) is -1.60. The van der Waals surface area contributed by atoms with Gasteiger partial charge in [-0.25, -0.2) is 23.7 Å². The molecule has 0 saturated carbocycles. The number of nitrogens with zero attached hydrogens (tertiary/aromatic N) is 2.